The second-order valence-electron chi connectivity index (χ2n) is 8.31. The number of nitrogens with zero attached hydrogens (tertiary/aromatic N) is 5. The second kappa shape index (κ2) is 9.18. The second-order valence-corrected chi connectivity index (χ2v) is 8.31. The molecule has 1 saturated heterocycles. The zero-order valence-corrected chi connectivity index (χ0v) is 17.9. The minimum Gasteiger partial charge on any atom is -0.339 e. The first kappa shape index (κ1) is 20.2. The summed E-state index contributed by atoms with van der Waals surface area (Å²) in [6, 6.07) is 15.7. The van der Waals surface area contributed by atoms with Crippen molar-refractivity contribution in [2.45, 2.75) is 25.7 Å². The van der Waals surface area contributed by atoms with Crippen molar-refractivity contribution in [3.05, 3.63) is 84.4 Å². The van der Waals surface area contributed by atoms with Crippen molar-refractivity contribution in [1.29, 1.82) is 0 Å². The standard InChI is InChI=1S/C25H26N6O/c32-24(21-5-1-6-22(17-21)29-25-26-11-3-12-27-25)30-14-2-4-19(10-15-30)16-20-7-8-23-9-13-28-31(23)18-20/h1,3,5-9,11-13,17-19H,2,4,10,14-16H2,(H,26,27,29)/t19-/m0/s1. The molecule has 0 spiro atoms. The quantitative estimate of drug-likeness (QED) is 0.513. The molecule has 4 heterocycles. The lowest BCUT2D eigenvalue weighted by molar-refractivity contribution is 0.0760. The predicted molar refractivity (Wildman–Crippen MR) is 124 cm³/mol. The normalized spacial score (nSPS) is 16.6. The van der Waals surface area contributed by atoms with Gasteiger partial charge in [0.25, 0.3) is 5.91 Å². The average Bonchev–Trinajstić information content (AvgIpc) is 3.17. The van der Waals surface area contributed by atoms with E-state index in [0.29, 0.717) is 17.4 Å². The van der Waals surface area contributed by atoms with Crippen molar-refractivity contribution in [3.8, 4) is 0 Å². The van der Waals surface area contributed by atoms with Crippen LogP contribution in [0, 0.1) is 5.92 Å². The van der Waals surface area contributed by atoms with Gasteiger partial charge in [0.15, 0.2) is 0 Å². The van der Waals surface area contributed by atoms with Crippen molar-refractivity contribution in [2.75, 3.05) is 18.4 Å². The minimum absolute atomic E-state index is 0.0845. The minimum atomic E-state index is 0.0845. The number of likely N-dealkylation sites (tertiary alicyclic amines) is 1. The van der Waals surface area contributed by atoms with Gasteiger partial charge in [-0.1, -0.05) is 12.1 Å². The number of anilines is 2. The molecule has 0 unspecified atom stereocenters. The van der Waals surface area contributed by atoms with E-state index in [0.717, 1.165) is 50.0 Å². The molecule has 5 rings (SSSR count). The Balaban J connectivity index is 1.22. The molecule has 0 aliphatic carbocycles. The molecule has 1 N–H and O–H groups in total. The fourth-order valence-electron chi connectivity index (χ4n) is 4.39. The molecular formula is C25H26N6O. The molecule has 3 aromatic heterocycles. The van der Waals surface area contributed by atoms with Crippen molar-refractivity contribution >= 4 is 23.1 Å². The number of carbonyl (C=O) groups is 1. The van der Waals surface area contributed by atoms with Crippen LogP contribution >= 0.6 is 0 Å². The number of carbonyl (C=O) groups excluding carboxylic acids is 1. The fourth-order valence-corrected chi connectivity index (χ4v) is 4.39. The lowest BCUT2D eigenvalue weighted by Crippen LogP contribution is -2.32. The average molecular weight is 427 g/mol. The van der Waals surface area contributed by atoms with Crippen LogP contribution in [0.25, 0.3) is 5.52 Å². The number of aromatic nitrogens is 4. The summed E-state index contributed by atoms with van der Waals surface area (Å²) in [7, 11) is 0. The smallest absolute Gasteiger partial charge is 0.253 e. The molecule has 4 aromatic rings. The first-order valence-electron chi connectivity index (χ1n) is 11.1. The molecule has 1 atom stereocenters. The first-order valence-corrected chi connectivity index (χ1v) is 11.1. The van der Waals surface area contributed by atoms with Crippen LogP contribution in [0.15, 0.2) is 73.3 Å². The summed E-state index contributed by atoms with van der Waals surface area (Å²) >= 11 is 0. The zero-order chi connectivity index (χ0) is 21.8. The Bertz CT molecular complexity index is 1210. The number of pyridine rings is 1. The van der Waals surface area contributed by atoms with E-state index < -0.39 is 0 Å². The van der Waals surface area contributed by atoms with E-state index >= 15 is 0 Å². The van der Waals surface area contributed by atoms with Crippen LogP contribution in [0.5, 0.6) is 0 Å². The Hall–Kier alpha value is -3.74. The summed E-state index contributed by atoms with van der Waals surface area (Å²) in [5.41, 5.74) is 3.91. The molecule has 32 heavy (non-hydrogen) atoms. The highest BCUT2D eigenvalue weighted by Gasteiger charge is 2.22. The number of rotatable bonds is 5. The summed E-state index contributed by atoms with van der Waals surface area (Å²) in [6.45, 7) is 1.58. The van der Waals surface area contributed by atoms with Gasteiger partial charge in [-0.05, 0) is 73.6 Å². The Morgan fingerprint density at radius 3 is 2.81 bits per heavy atom. The van der Waals surface area contributed by atoms with Crippen molar-refractivity contribution < 1.29 is 4.79 Å². The maximum Gasteiger partial charge on any atom is 0.253 e. The van der Waals surface area contributed by atoms with Gasteiger partial charge in [-0.2, -0.15) is 5.10 Å². The van der Waals surface area contributed by atoms with Crippen LogP contribution in [0.1, 0.15) is 35.2 Å². The molecule has 162 valence electrons. The molecule has 1 aliphatic heterocycles. The van der Waals surface area contributed by atoms with E-state index in [1.54, 1.807) is 18.5 Å². The monoisotopic (exact) mass is 426 g/mol. The summed E-state index contributed by atoms with van der Waals surface area (Å²) in [4.78, 5) is 23.6. The van der Waals surface area contributed by atoms with Crippen LogP contribution in [0.3, 0.4) is 0 Å². The summed E-state index contributed by atoms with van der Waals surface area (Å²) < 4.78 is 1.93. The topological polar surface area (TPSA) is 75.4 Å². The lowest BCUT2D eigenvalue weighted by Gasteiger charge is -2.21. The van der Waals surface area contributed by atoms with Gasteiger partial charge in [0, 0.05) is 49.1 Å². The molecule has 1 aromatic carbocycles. The van der Waals surface area contributed by atoms with Gasteiger partial charge in [0.1, 0.15) is 0 Å². The first-order chi connectivity index (χ1) is 15.7. The van der Waals surface area contributed by atoms with Gasteiger partial charge >= 0.3 is 0 Å². The van der Waals surface area contributed by atoms with Crippen LogP contribution in [0.4, 0.5) is 11.6 Å². The van der Waals surface area contributed by atoms with E-state index in [9.17, 15) is 4.79 Å². The largest absolute Gasteiger partial charge is 0.339 e. The van der Waals surface area contributed by atoms with Crippen LogP contribution in [0.2, 0.25) is 0 Å². The predicted octanol–water partition coefficient (Wildman–Crippen LogP) is 4.35. The summed E-state index contributed by atoms with van der Waals surface area (Å²) in [6.07, 6.45) is 11.5. The number of hydrogen-bond acceptors (Lipinski definition) is 5. The van der Waals surface area contributed by atoms with Gasteiger partial charge in [0.05, 0.1) is 5.52 Å². The van der Waals surface area contributed by atoms with Gasteiger partial charge in [0.2, 0.25) is 5.95 Å². The Morgan fingerprint density at radius 1 is 1.00 bits per heavy atom. The number of hydrogen-bond donors (Lipinski definition) is 1. The fraction of sp³-hybridized carbons (Fsp3) is 0.280. The highest BCUT2D eigenvalue weighted by atomic mass is 16.2. The summed E-state index contributed by atoms with van der Waals surface area (Å²) in [5.74, 6) is 1.17. The molecule has 0 bridgehead atoms. The van der Waals surface area contributed by atoms with Crippen molar-refractivity contribution in [2.24, 2.45) is 5.92 Å². The van der Waals surface area contributed by atoms with Gasteiger partial charge in [-0.3, -0.25) is 4.79 Å². The maximum atomic E-state index is 13.2. The number of nitrogens with one attached hydrogen (secondary N) is 1. The zero-order valence-electron chi connectivity index (χ0n) is 17.9. The number of fused-ring (bicyclic) bond motifs is 1. The SMILES string of the molecule is O=C(c1cccc(Nc2ncccn2)c1)N1CCC[C@H](Cc2ccc3ccnn3c2)CC1. The van der Waals surface area contributed by atoms with Gasteiger partial charge in [-0.25, -0.2) is 14.5 Å². The Labute approximate surface area is 187 Å². The van der Waals surface area contributed by atoms with E-state index in [1.165, 1.54) is 5.56 Å². The third kappa shape index (κ3) is 4.61. The molecule has 0 radical (unpaired) electrons. The molecule has 1 fully saturated rings. The molecule has 1 amide bonds. The highest BCUT2D eigenvalue weighted by molar-refractivity contribution is 5.95. The van der Waals surface area contributed by atoms with E-state index in [4.69, 9.17) is 0 Å². The van der Waals surface area contributed by atoms with Gasteiger partial charge in [-0.15, -0.1) is 0 Å². The van der Waals surface area contributed by atoms with E-state index in [-0.39, 0.29) is 5.91 Å². The molecule has 7 heteroatoms. The number of amides is 1. The lowest BCUT2D eigenvalue weighted by atomic mass is 9.93. The third-order valence-electron chi connectivity index (χ3n) is 6.05. The van der Waals surface area contributed by atoms with Crippen molar-refractivity contribution in [1.82, 2.24) is 24.5 Å². The van der Waals surface area contributed by atoms with Crippen LogP contribution < -0.4 is 5.32 Å². The molecule has 0 saturated carbocycles. The van der Waals surface area contributed by atoms with Crippen LogP contribution in [-0.4, -0.2) is 43.5 Å². The molecule has 7 nitrogen and oxygen atoms in total. The molecule has 1 aliphatic rings. The summed E-state index contributed by atoms with van der Waals surface area (Å²) in [5, 5.41) is 7.50. The van der Waals surface area contributed by atoms with Gasteiger partial charge < -0.3 is 10.2 Å². The highest BCUT2D eigenvalue weighted by Crippen LogP contribution is 2.24. The van der Waals surface area contributed by atoms with Crippen molar-refractivity contribution in [3.63, 3.8) is 0 Å². The third-order valence-corrected chi connectivity index (χ3v) is 6.05. The maximum absolute atomic E-state index is 13.2. The number of benzene rings is 1. The van der Waals surface area contributed by atoms with E-state index in [1.807, 2.05) is 45.9 Å². The van der Waals surface area contributed by atoms with Crippen LogP contribution in [-0.2, 0) is 6.42 Å². The molecular weight excluding hydrogens is 400 g/mol. The Kier molecular flexibility index (Phi) is 5.79. The van der Waals surface area contributed by atoms with E-state index in [2.05, 4.69) is 38.7 Å². The Morgan fingerprint density at radius 2 is 1.91 bits per heavy atom.